The fraction of sp³-hybridized carbons (Fsp3) is 0.778. The smallest absolute Gasteiger partial charge is 0.318 e. The summed E-state index contributed by atoms with van der Waals surface area (Å²) in [4.78, 5) is 4.11. The number of nitrogens with two attached hydrogens (primary N) is 1. The van der Waals surface area contributed by atoms with Gasteiger partial charge in [0.1, 0.15) is 0 Å². The average Bonchev–Trinajstić information content (AvgIpc) is 2.77. The van der Waals surface area contributed by atoms with Crippen LogP contribution in [0.25, 0.3) is 0 Å². The molecule has 2 bridgehead atoms. The lowest BCUT2D eigenvalue weighted by atomic mass is 9.88. The fourth-order valence-corrected chi connectivity index (χ4v) is 2.96. The van der Waals surface area contributed by atoms with Crippen molar-refractivity contribution in [2.24, 2.45) is 11.8 Å². The standard InChI is InChI=1S/C9H13N3O/c10-9-11-8(12-13-9)7-4-5-1-2-6(7)3-5/h5-7H,1-4H2,(H2,10,11,12). The Bertz CT molecular complexity index is 322. The Morgan fingerprint density at radius 2 is 2.23 bits per heavy atom. The van der Waals surface area contributed by atoms with E-state index in [4.69, 9.17) is 10.3 Å². The zero-order valence-corrected chi connectivity index (χ0v) is 7.44. The molecule has 2 N–H and O–H groups in total. The van der Waals surface area contributed by atoms with E-state index >= 15 is 0 Å². The maximum Gasteiger partial charge on any atom is 0.318 e. The van der Waals surface area contributed by atoms with E-state index in [0.717, 1.165) is 17.7 Å². The summed E-state index contributed by atoms with van der Waals surface area (Å²) < 4.78 is 4.80. The van der Waals surface area contributed by atoms with Gasteiger partial charge in [-0.25, -0.2) is 0 Å². The van der Waals surface area contributed by atoms with Crippen LogP contribution in [-0.2, 0) is 0 Å². The minimum Gasteiger partial charge on any atom is -0.351 e. The molecule has 0 aliphatic heterocycles. The predicted octanol–water partition coefficient (Wildman–Crippen LogP) is 1.56. The zero-order valence-electron chi connectivity index (χ0n) is 7.44. The molecule has 3 rings (SSSR count). The molecule has 2 aliphatic carbocycles. The third kappa shape index (κ3) is 1.04. The van der Waals surface area contributed by atoms with Gasteiger partial charge in [-0.3, -0.25) is 0 Å². The van der Waals surface area contributed by atoms with Crippen LogP contribution in [-0.4, -0.2) is 10.1 Å². The molecule has 4 nitrogen and oxygen atoms in total. The van der Waals surface area contributed by atoms with E-state index in [1.54, 1.807) is 0 Å². The first-order valence-corrected chi connectivity index (χ1v) is 4.92. The largest absolute Gasteiger partial charge is 0.351 e. The highest BCUT2D eigenvalue weighted by molar-refractivity contribution is 5.13. The van der Waals surface area contributed by atoms with Gasteiger partial charge >= 0.3 is 6.01 Å². The van der Waals surface area contributed by atoms with E-state index in [1.807, 2.05) is 0 Å². The molecular formula is C9H13N3O. The number of fused-ring (bicyclic) bond motifs is 2. The number of hydrogen-bond acceptors (Lipinski definition) is 4. The van der Waals surface area contributed by atoms with Crippen LogP contribution in [0.5, 0.6) is 0 Å². The summed E-state index contributed by atoms with van der Waals surface area (Å²) in [5.41, 5.74) is 5.40. The molecule has 4 heteroatoms. The van der Waals surface area contributed by atoms with Crippen molar-refractivity contribution in [3.05, 3.63) is 5.82 Å². The minimum atomic E-state index is 0.206. The van der Waals surface area contributed by atoms with Gasteiger partial charge in [0, 0.05) is 5.92 Å². The number of aromatic nitrogens is 2. The summed E-state index contributed by atoms with van der Waals surface area (Å²) >= 11 is 0. The Balaban J connectivity index is 1.87. The van der Waals surface area contributed by atoms with Crippen LogP contribution in [0.15, 0.2) is 4.52 Å². The number of anilines is 1. The van der Waals surface area contributed by atoms with Crippen molar-refractivity contribution in [3.8, 4) is 0 Å². The monoisotopic (exact) mass is 179 g/mol. The molecule has 0 radical (unpaired) electrons. The van der Waals surface area contributed by atoms with E-state index in [1.165, 1.54) is 25.7 Å². The van der Waals surface area contributed by atoms with Crippen molar-refractivity contribution in [1.82, 2.24) is 10.1 Å². The lowest BCUT2D eigenvalue weighted by Gasteiger charge is -2.17. The lowest BCUT2D eigenvalue weighted by Crippen LogP contribution is -2.10. The van der Waals surface area contributed by atoms with Crippen LogP contribution in [0.2, 0.25) is 0 Å². The zero-order chi connectivity index (χ0) is 8.84. The highest BCUT2D eigenvalue weighted by Gasteiger charge is 2.42. The molecule has 0 aromatic carbocycles. The molecule has 0 amide bonds. The average molecular weight is 179 g/mol. The third-order valence-corrected chi connectivity index (χ3v) is 3.53. The van der Waals surface area contributed by atoms with E-state index in [2.05, 4.69) is 10.1 Å². The maximum absolute atomic E-state index is 5.40. The van der Waals surface area contributed by atoms with Crippen LogP contribution in [0.1, 0.15) is 37.4 Å². The van der Waals surface area contributed by atoms with Crippen LogP contribution >= 0.6 is 0 Å². The third-order valence-electron chi connectivity index (χ3n) is 3.53. The Hall–Kier alpha value is -1.06. The summed E-state index contributed by atoms with van der Waals surface area (Å²) in [6, 6.07) is 0.206. The molecule has 0 spiro atoms. The fourth-order valence-electron chi connectivity index (χ4n) is 2.96. The van der Waals surface area contributed by atoms with Crippen LogP contribution in [0.4, 0.5) is 6.01 Å². The molecule has 0 saturated heterocycles. The van der Waals surface area contributed by atoms with Crippen LogP contribution < -0.4 is 5.73 Å². The van der Waals surface area contributed by atoms with Gasteiger partial charge in [0.25, 0.3) is 0 Å². The van der Waals surface area contributed by atoms with Gasteiger partial charge in [-0.2, -0.15) is 4.98 Å². The van der Waals surface area contributed by atoms with Gasteiger partial charge in [-0.05, 0) is 31.1 Å². The molecule has 1 aromatic rings. The quantitative estimate of drug-likeness (QED) is 0.710. The summed E-state index contributed by atoms with van der Waals surface area (Å²) in [6.45, 7) is 0. The highest BCUT2D eigenvalue weighted by Crippen LogP contribution is 2.52. The van der Waals surface area contributed by atoms with Gasteiger partial charge in [-0.1, -0.05) is 11.6 Å². The molecule has 1 heterocycles. The van der Waals surface area contributed by atoms with Crippen molar-refractivity contribution in [2.45, 2.75) is 31.6 Å². The Kier molecular flexibility index (Phi) is 1.39. The van der Waals surface area contributed by atoms with Crippen molar-refractivity contribution >= 4 is 6.01 Å². The first-order valence-electron chi connectivity index (χ1n) is 4.92. The molecular weight excluding hydrogens is 166 g/mol. The number of nitrogens with zero attached hydrogens (tertiary/aromatic N) is 2. The summed E-state index contributed by atoms with van der Waals surface area (Å²) in [6.07, 6.45) is 5.33. The predicted molar refractivity (Wildman–Crippen MR) is 46.9 cm³/mol. The lowest BCUT2D eigenvalue weighted by molar-refractivity contribution is 0.373. The minimum absolute atomic E-state index is 0.206. The van der Waals surface area contributed by atoms with E-state index in [0.29, 0.717) is 5.92 Å². The second-order valence-electron chi connectivity index (χ2n) is 4.27. The normalized spacial score (nSPS) is 37.1. The molecule has 3 unspecified atom stereocenters. The van der Waals surface area contributed by atoms with Gasteiger partial charge in [0.05, 0.1) is 0 Å². The maximum atomic E-state index is 5.40. The number of hydrogen-bond donors (Lipinski definition) is 1. The van der Waals surface area contributed by atoms with Crippen LogP contribution in [0, 0.1) is 11.8 Å². The van der Waals surface area contributed by atoms with E-state index in [9.17, 15) is 0 Å². The SMILES string of the molecule is Nc1nc(C2CC3CCC2C3)no1. The van der Waals surface area contributed by atoms with Crippen LogP contribution in [0.3, 0.4) is 0 Å². The second kappa shape index (κ2) is 2.47. The number of nitrogen functional groups attached to an aromatic ring is 1. The summed E-state index contributed by atoms with van der Waals surface area (Å²) in [5, 5.41) is 3.91. The summed E-state index contributed by atoms with van der Waals surface area (Å²) in [7, 11) is 0. The van der Waals surface area contributed by atoms with Crippen molar-refractivity contribution in [1.29, 1.82) is 0 Å². The topological polar surface area (TPSA) is 64.9 Å². The Morgan fingerprint density at radius 1 is 1.31 bits per heavy atom. The summed E-state index contributed by atoms with van der Waals surface area (Å²) in [5.74, 6) is 3.07. The number of rotatable bonds is 1. The highest BCUT2D eigenvalue weighted by atomic mass is 16.5. The molecule has 70 valence electrons. The first-order chi connectivity index (χ1) is 6.33. The van der Waals surface area contributed by atoms with Gasteiger partial charge in [-0.15, -0.1) is 0 Å². The van der Waals surface area contributed by atoms with Crippen molar-refractivity contribution in [2.75, 3.05) is 5.73 Å². The Labute approximate surface area is 76.5 Å². The van der Waals surface area contributed by atoms with E-state index < -0.39 is 0 Å². The van der Waals surface area contributed by atoms with Gasteiger partial charge < -0.3 is 10.3 Å². The van der Waals surface area contributed by atoms with Crippen molar-refractivity contribution in [3.63, 3.8) is 0 Å². The molecule has 2 fully saturated rings. The second-order valence-corrected chi connectivity index (χ2v) is 4.27. The molecule has 2 aliphatic rings. The van der Waals surface area contributed by atoms with Gasteiger partial charge in [0.2, 0.25) is 0 Å². The molecule has 13 heavy (non-hydrogen) atoms. The first kappa shape index (κ1) is 7.35. The molecule has 1 aromatic heterocycles. The Morgan fingerprint density at radius 3 is 2.77 bits per heavy atom. The van der Waals surface area contributed by atoms with Gasteiger partial charge in [0.15, 0.2) is 5.82 Å². The molecule has 2 saturated carbocycles. The van der Waals surface area contributed by atoms with E-state index in [-0.39, 0.29) is 6.01 Å². The molecule has 3 atom stereocenters. The van der Waals surface area contributed by atoms with Crippen molar-refractivity contribution < 1.29 is 4.52 Å².